The molecule has 0 spiro atoms. The second-order valence-electron chi connectivity index (χ2n) is 5.09. The highest BCUT2D eigenvalue weighted by Crippen LogP contribution is 2.30. The van der Waals surface area contributed by atoms with E-state index in [9.17, 15) is 13.2 Å². The Labute approximate surface area is 142 Å². The van der Waals surface area contributed by atoms with Gasteiger partial charge in [-0.05, 0) is 18.6 Å². The van der Waals surface area contributed by atoms with Crippen LogP contribution < -0.4 is 0 Å². The molecule has 1 aromatic carbocycles. The summed E-state index contributed by atoms with van der Waals surface area (Å²) >= 11 is 11.4. The van der Waals surface area contributed by atoms with Crippen molar-refractivity contribution < 1.29 is 13.2 Å². The van der Waals surface area contributed by atoms with Gasteiger partial charge in [-0.2, -0.15) is 9.49 Å². The Hall–Kier alpha value is -1.60. The van der Waals surface area contributed by atoms with Crippen molar-refractivity contribution in [2.75, 3.05) is 7.05 Å². The molecule has 1 aromatic heterocycles. The van der Waals surface area contributed by atoms with Crippen LogP contribution in [0.5, 0.6) is 0 Å². The van der Waals surface area contributed by atoms with Crippen molar-refractivity contribution in [2.45, 2.75) is 19.4 Å². The Morgan fingerprint density at radius 3 is 2.52 bits per heavy atom. The molecule has 3 nitrogen and oxygen atoms in total. The van der Waals surface area contributed by atoms with E-state index >= 15 is 0 Å². The Morgan fingerprint density at radius 1 is 1.35 bits per heavy atom. The summed E-state index contributed by atoms with van der Waals surface area (Å²) in [4.78, 5) is 1.49. The van der Waals surface area contributed by atoms with Gasteiger partial charge >= 0.3 is 0 Å². The highest BCUT2D eigenvalue weighted by atomic mass is 35.5. The minimum absolute atomic E-state index is 0.0432. The van der Waals surface area contributed by atoms with Crippen LogP contribution in [0.25, 0.3) is 0 Å². The molecule has 8 heteroatoms. The van der Waals surface area contributed by atoms with E-state index in [2.05, 4.69) is 5.10 Å². The van der Waals surface area contributed by atoms with E-state index in [1.54, 1.807) is 25.2 Å². The number of thiocarbonyl (C=S) groups is 1. The zero-order chi connectivity index (χ0) is 17.3. The summed E-state index contributed by atoms with van der Waals surface area (Å²) in [7, 11) is 2.86. The first-order valence-corrected chi connectivity index (χ1v) is 7.56. The van der Waals surface area contributed by atoms with Crippen molar-refractivity contribution in [1.82, 2.24) is 14.7 Å². The molecule has 124 valence electrons. The van der Waals surface area contributed by atoms with Gasteiger partial charge in [-0.3, -0.25) is 0 Å². The van der Waals surface area contributed by atoms with Gasteiger partial charge in [0.1, 0.15) is 10.7 Å². The first kappa shape index (κ1) is 17.7. The molecule has 23 heavy (non-hydrogen) atoms. The lowest BCUT2D eigenvalue weighted by molar-refractivity contribution is 0.145. The van der Waals surface area contributed by atoms with E-state index < -0.39 is 18.1 Å². The largest absolute Gasteiger partial charge is 0.358 e. The Kier molecular flexibility index (Phi) is 5.31. The van der Waals surface area contributed by atoms with Gasteiger partial charge in [0.2, 0.25) is 5.95 Å². The SMILES string of the molecule is CC(c1ccccc1Cl)N(C)C(=S)c1c(C(F)F)nn(C)c1F. The third-order valence-corrected chi connectivity index (χ3v) is 4.52. The minimum Gasteiger partial charge on any atom is -0.358 e. The first-order valence-electron chi connectivity index (χ1n) is 6.77. The Morgan fingerprint density at radius 2 is 1.96 bits per heavy atom. The summed E-state index contributed by atoms with van der Waals surface area (Å²) < 4.78 is 41.1. The summed E-state index contributed by atoms with van der Waals surface area (Å²) in [5.74, 6) is -0.886. The molecule has 0 aliphatic carbocycles. The number of hydrogen-bond donors (Lipinski definition) is 0. The summed E-state index contributed by atoms with van der Waals surface area (Å²) in [5.41, 5.74) is -0.242. The van der Waals surface area contributed by atoms with Gasteiger partial charge in [0.05, 0.1) is 11.6 Å². The fraction of sp³-hybridized carbons (Fsp3) is 0.333. The molecule has 0 amide bonds. The fourth-order valence-electron chi connectivity index (χ4n) is 2.25. The maximum Gasteiger partial charge on any atom is 0.282 e. The zero-order valence-electron chi connectivity index (χ0n) is 12.7. The van der Waals surface area contributed by atoms with Gasteiger partial charge < -0.3 is 4.90 Å². The topological polar surface area (TPSA) is 21.1 Å². The summed E-state index contributed by atoms with van der Waals surface area (Å²) in [6, 6.07) is 6.80. The maximum atomic E-state index is 14.2. The van der Waals surface area contributed by atoms with Crippen LogP contribution in [-0.4, -0.2) is 26.7 Å². The third kappa shape index (κ3) is 3.35. The lowest BCUT2D eigenvalue weighted by Gasteiger charge is -2.28. The van der Waals surface area contributed by atoms with E-state index in [-0.39, 0.29) is 16.6 Å². The lowest BCUT2D eigenvalue weighted by Crippen LogP contribution is -2.30. The number of alkyl halides is 2. The van der Waals surface area contributed by atoms with Crippen LogP contribution in [-0.2, 0) is 7.05 Å². The van der Waals surface area contributed by atoms with Crippen molar-refractivity contribution in [3.05, 3.63) is 52.1 Å². The molecule has 2 rings (SSSR count). The normalized spacial score (nSPS) is 12.5. The zero-order valence-corrected chi connectivity index (χ0v) is 14.3. The summed E-state index contributed by atoms with van der Waals surface area (Å²) in [6.07, 6.45) is -2.91. The monoisotopic (exact) mass is 361 g/mol. The van der Waals surface area contributed by atoms with Crippen LogP contribution in [0.2, 0.25) is 5.02 Å². The molecular formula is C15H15ClF3N3S. The van der Waals surface area contributed by atoms with E-state index in [1.165, 1.54) is 11.9 Å². The molecule has 1 heterocycles. The number of nitrogens with zero attached hydrogens (tertiary/aromatic N) is 3. The molecule has 0 saturated heterocycles. The van der Waals surface area contributed by atoms with Crippen molar-refractivity contribution in [2.24, 2.45) is 7.05 Å². The average molecular weight is 362 g/mol. The van der Waals surface area contributed by atoms with Gasteiger partial charge in [0.15, 0.2) is 0 Å². The smallest absolute Gasteiger partial charge is 0.282 e. The number of hydrogen-bond acceptors (Lipinski definition) is 2. The lowest BCUT2D eigenvalue weighted by atomic mass is 10.1. The maximum absolute atomic E-state index is 14.2. The summed E-state index contributed by atoms with van der Waals surface area (Å²) in [6.45, 7) is 1.81. The number of aromatic nitrogens is 2. The molecule has 0 bridgehead atoms. The molecule has 0 N–H and O–H groups in total. The molecule has 0 aliphatic rings. The van der Waals surface area contributed by atoms with E-state index in [0.717, 1.165) is 10.2 Å². The number of aryl methyl sites for hydroxylation is 1. The second-order valence-corrected chi connectivity index (χ2v) is 5.88. The minimum atomic E-state index is -2.91. The van der Waals surface area contributed by atoms with Crippen LogP contribution in [0.4, 0.5) is 13.2 Å². The number of halogens is 4. The van der Waals surface area contributed by atoms with Crippen molar-refractivity contribution in [3.8, 4) is 0 Å². The highest BCUT2D eigenvalue weighted by molar-refractivity contribution is 7.80. The molecular weight excluding hydrogens is 347 g/mol. The fourth-order valence-corrected chi connectivity index (χ4v) is 2.89. The van der Waals surface area contributed by atoms with Crippen LogP contribution in [0.3, 0.4) is 0 Å². The van der Waals surface area contributed by atoms with Gasteiger partial charge in [-0.1, -0.05) is 42.0 Å². The van der Waals surface area contributed by atoms with Gasteiger partial charge in [-0.25, -0.2) is 13.5 Å². The standard InChI is InChI=1S/C15H15ClF3N3S/c1-8(9-6-4-5-7-10(9)16)21(2)15(23)11-12(13(17)18)20-22(3)14(11)19/h4-8,13H,1-3H3. The molecule has 0 radical (unpaired) electrons. The predicted octanol–water partition coefficient (Wildman–Crippen LogP) is 4.52. The first-order chi connectivity index (χ1) is 10.8. The van der Waals surface area contributed by atoms with E-state index in [1.807, 2.05) is 13.0 Å². The molecule has 2 aromatic rings. The Bertz CT molecular complexity index is 733. The summed E-state index contributed by atoms with van der Waals surface area (Å²) in [5, 5.41) is 4.04. The highest BCUT2D eigenvalue weighted by Gasteiger charge is 2.29. The number of benzene rings is 1. The second kappa shape index (κ2) is 6.88. The van der Waals surface area contributed by atoms with E-state index in [0.29, 0.717) is 5.02 Å². The van der Waals surface area contributed by atoms with Crippen molar-refractivity contribution in [1.29, 1.82) is 0 Å². The number of rotatable bonds is 4. The van der Waals surface area contributed by atoms with Crippen molar-refractivity contribution in [3.63, 3.8) is 0 Å². The quantitative estimate of drug-likeness (QED) is 0.747. The molecule has 1 atom stereocenters. The average Bonchev–Trinajstić information content (AvgIpc) is 2.81. The van der Waals surface area contributed by atoms with Gasteiger partial charge in [0.25, 0.3) is 6.43 Å². The van der Waals surface area contributed by atoms with E-state index in [4.69, 9.17) is 23.8 Å². The molecule has 0 saturated carbocycles. The van der Waals surface area contributed by atoms with Crippen LogP contribution >= 0.6 is 23.8 Å². The molecule has 0 aliphatic heterocycles. The van der Waals surface area contributed by atoms with Crippen LogP contribution in [0.1, 0.15) is 36.2 Å². The van der Waals surface area contributed by atoms with Crippen LogP contribution in [0, 0.1) is 5.95 Å². The van der Waals surface area contributed by atoms with Crippen molar-refractivity contribution >= 4 is 28.8 Å². The van der Waals surface area contributed by atoms with Gasteiger partial charge in [-0.15, -0.1) is 0 Å². The predicted molar refractivity (Wildman–Crippen MR) is 87.5 cm³/mol. The third-order valence-electron chi connectivity index (χ3n) is 3.68. The van der Waals surface area contributed by atoms with Gasteiger partial charge in [0, 0.05) is 19.1 Å². The van der Waals surface area contributed by atoms with Crippen LogP contribution in [0.15, 0.2) is 24.3 Å². The molecule has 1 unspecified atom stereocenters. The Balaban J connectivity index is 2.39. The molecule has 0 fully saturated rings.